The highest BCUT2D eigenvalue weighted by atomic mass is 32.2. The van der Waals surface area contributed by atoms with Crippen LogP contribution in [-0.4, -0.2) is 15.1 Å². The Labute approximate surface area is 104 Å². The average Bonchev–Trinajstić information content (AvgIpc) is 2.36. The summed E-state index contributed by atoms with van der Waals surface area (Å²) in [6, 6.07) is 6.27. The van der Waals surface area contributed by atoms with E-state index in [2.05, 4.69) is 16.6 Å². The van der Waals surface area contributed by atoms with Gasteiger partial charge in [-0.05, 0) is 23.2 Å². The largest absolute Gasteiger partial charge is 0.379 e. The zero-order valence-electron chi connectivity index (χ0n) is 9.39. The summed E-state index contributed by atoms with van der Waals surface area (Å²) in [5.74, 6) is 0.189. The molecule has 7 nitrogen and oxygen atoms in total. The lowest BCUT2D eigenvalue weighted by atomic mass is 10.2. The molecule has 0 radical (unpaired) electrons. The third-order valence-electron chi connectivity index (χ3n) is 1.82. The summed E-state index contributed by atoms with van der Waals surface area (Å²) in [4.78, 5) is 2.53. The Morgan fingerprint density at radius 3 is 2.61 bits per heavy atom. The van der Waals surface area contributed by atoms with E-state index in [9.17, 15) is 8.42 Å². The van der Waals surface area contributed by atoms with Crippen LogP contribution in [0.15, 0.2) is 41.4 Å². The summed E-state index contributed by atoms with van der Waals surface area (Å²) in [5, 5.41) is 3.93. The van der Waals surface area contributed by atoms with Gasteiger partial charge in [0.25, 0.3) is 0 Å². The number of hydrogen-bond acceptors (Lipinski definition) is 5. The van der Waals surface area contributed by atoms with E-state index in [1.807, 2.05) is 0 Å². The van der Waals surface area contributed by atoms with Gasteiger partial charge in [-0.15, -0.1) is 0 Å². The molecule has 0 bridgehead atoms. The number of rotatable bonds is 7. The summed E-state index contributed by atoms with van der Waals surface area (Å²) in [6.07, 6.45) is 0. The van der Waals surface area contributed by atoms with Crippen LogP contribution >= 0.6 is 0 Å². The molecular formula is C10H11N3O4S. The summed E-state index contributed by atoms with van der Waals surface area (Å²) >= 11 is 0. The first-order valence-corrected chi connectivity index (χ1v) is 6.29. The molecule has 0 amide bonds. The Bertz CT molecular complexity index is 547. The van der Waals surface area contributed by atoms with Crippen molar-refractivity contribution in [3.8, 4) is 5.75 Å². The summed E-state index contributed by atoms with van der Waals surface area (Å²) in [7, 11) is -3.73. The maximum Gasteiger partial charge on any atom is 0.331 e. The minimum absolute atomic E-state index is 0.0560. The van der Waals surface area contributed by atoms with Gasteiger partial charge in [-0.1, -0.05) is 23.8 Å². The third-order valence-corrected chi connectivity index (χ3v) is 2.65. The van der Waals surface area contributed by atoms with Gasteiger partial charge in [0.2, 0.25) is 0 Å². The van der Waals surface area contributed by atoms with Crippen LogP contribution in [-0.2, 0) is 21.5 Å². The van der Waals surface area contributed by atoms with Crippen molar-refractivity contribution in [3.63, 3.8) is 0 Å². The van der Waals surface area contributed by atoms with E-state index in [0.29, 0.717) is 0 Å². The van der Waals surface area contributed by atoms with Crippen LogP contribution in [0.5, 0.6) is 5.75 Å². The first-order valence-electron chi connectivity index (χ1n) is 4.82. The predicted molar refractivity (Wildman–Crippen MR) is 65.0 cm³/mol. The van der Waals surface area contributed by atoms with E-state index in [0.717, 1.165) is 11.0 Å². The van der Waals surface area contributed by atoms with Gasteiger partial charge < -0.3 is 8.92 Å². The maximum atomic E-state index is 11.1. The van der Waals surface area contributed by atoms with Crippen molar-refractivity contribution in [2.45, 2.75) is 6.61 Å². The molecule has 0 saturated carbocycles. The van der Waals surface area contributed by atoms with Crippen LogP contribution in [0.3, 0.4) is 0 Å². The summed E-state index contributed by atoms with van der Waals surface area (Å²) in [6.45, 7) is 3.33. The number of nitrogens with zero attached hydrogens (tertiary/aromatic N) is 3. The first kappa shape index (κ1) is 14.0. The van der Waals surface area contributed by atoms with E-state index in [1.54, 1.807) is 12.1 Å². The molecule has 0 aromatic heterocycles. The second kappa shape index (κ2) is 6.65. The van der Waals surface area contributed by atoms with Gasteiger partial charge in [0.05, 0.1) is 12.0 Å². The lowest BCUT2D eigenvalue weighted by molar-refractivity contribution is 0.127. The molecular weight excluding hydrogens is 258 g/mol. The quantitative estimate of drug-likeness (QED) is 0.249. The van der Waals surface area contributed by atoms with Crippen LogP contribution in [0.2, 0.25) is 0 Å². The van der Waals surface area contributed by atoms with Gasteiger partial charge >= 0.3 is 10.1 Å². The molecule has 0 saturated heterocycles. The minimum Gasteiger partial charge on any atom is -0.379 e. The second-order valence-electron chi connectivity index (χ2n) is 3.10. The fourth-order valence-corrected chi connectivity index (χ4v) is 1.49. The van der Waals surface area contributed by atoms with Gasteiger partial charge in [-0.2, -0.15) is 8.42 Å². The van der Waals surface area contributed by atoms with Crippen LogP contribution < -0.4 is 4.18 Å². The highest BCUT2D eigenvalue weighted by molar-refractivity contribution is 7.90. The maximum absolute atomic E-state index is 11.1. The van der Waals surface area contributed by atoms with Gasteiger partial charge in [-0.3, -0.25) is 0 Å². The van der Waals surface area contributed by atoms with Crippen LogP contribution in [0.1, 0.15) is 5.56 Å². The van der Waals surface area contributed by atoms with Crippen molar-refractivity contribution in [2.24, 2.45) is 5.11 Å². The van der Waals surface area contributed by atoms with Crippen molar-refractivity contribution in [3.05, 3.63) is 52.3 Å². The lowest BCUT2D eigenvalue weighted by Crippen LogP contribution is -2.04. The van der Waals surface area contributed by atoms with E-state index in [-0.39, 0.29) is 19.1 Å². The van der Waals surface area contributed by atoms with Crippen molar-refractivity contribution >= 4 is 10.1 Å². The Morgan fingerprint density at radius 1 is 1.39 bits per heavy atom. The SMILES string of the molecule is C=CS(=O)(=O)Oc1ccc(COCN=[N+]=[N-])cc1. The molecule has 1 aromatic carbocycles. The normalized spacial score (nSPS) is 10.4. The highest BCUT2D eigenvalue weighted by Crippen LogP contribution is 2.15. The van der Waals surface area contributed by atoms with Gasteiger partial charge in [-0.25, -0.2) is 0 Å². The van der Waals surface area contributed by atoms with Crippen LogP contribution in [0.4, 0.5) is 0 Å². The van der Waals surface area contributed by atoms with E-state index < -0.39 is 10.1 Å². The number of azide groups is 1. The molecule has 0 unspecified atom stereocenters. The molecule has 0 heterocycles. The fraction of sp³-hybridized carbons (Fsp3) is 0.200. The molecule has 8 heteroatoms. The summed E-state index contributed by atoms with van der Waals surface area (Å²) < 4.78 is 31.9. The number of ether oxygens (including phenoxy) is 1. The monoisotopic (exact) mass is 269 g/mol. The average molecular weight is 269 g/mol. The zero-order chi connectivity index (χ0) is 13.4. The Kier molecular flexibility index (Phi) is 5.19. The third kappa shape index (κ3) is 4.88. The Hall–Kier alpha value is -2.02. The molecule has 0 N–H and O–H groups in total. The highest BCUT2D eigenvalue weighted by Gasteiger charge is 2.06. The van der Waals surface area contributed by atoms with Crippen LogP contribution in [0.25, 0.3) is 10.4 Å². The fourth-order valence-electron chi connectivity index (χ4n) is 1.04. The van der Waals surface area contributed by atoms with Gasteiger partial charge in [0, 0.05) is 4.91 Å². The van der Waals surface area contributed by atoms with Crippen molar-refractivity contribution in [1.29, 1.82) is 0 Å². The molecule has 96 valence electrons. The predicted octanol–water partition coefficient (Wildman–Crippen LogP) is 2.32. The first-order chi connectivity index (χ1) is 8.57. The molecule has 0 aliphatic heterocycles. The van der Waals surface area contributed by atoms with E-state index >= 15 is 0 Å². The molecule has 0 spiro atoms. The molecule has 1 rings (SSSR count). The molecule has 0 aliphatic rings. The van der Waals surface area contributed by atoms with Crippen molar-refractivity contribution in [1.82, 2.24) is 0 Å². The van der Waals surface area contributed by atoms with Crippen molar-refractivity contribution in [2.75, 3.05) is 6.73 Å². The zero-order valence-corrected chi connectivity index (χ0v) is 10.2. The van der Waals surface area contributed by atoms with E-state index in [4.69, 9.17) is 14.5 Å². The standard InChI is InChI=1S/C10H11N3O4S/c1-2-18(14,15)17-10-5-3-9(4-6-10)7-16-8-12-13-11/h2-6H,1,7-8H2. The number of benzene rings is 1. The second-order valence-corrected chi connectivity index (χ2v) is 4.58. The van der Waals surface area contributed by atoms with E-state index in [1.165, 1.54) is 12.1 Å². The summed E-state index contributed by atoms with van der Waals surface area (Å²) in [5.41, 5.74) is 8.83. The molecule has 18 heavy (non-hydrogen) atoms. The number of hydrogen-bond donors (Lipinski definition) is 0. The van der Waals surface area contributed by atoms with Crippen molar-refractivity contribution < 1.29 is 17.3 Å². The Morgan fingerprint density at radius 2 is 2.06 bits per heavy atom. The molecule has 0 fully saturated rings. The molecule has 1 aromatic rings. The molecule has 0 atom stereocenters. The molecule has 0 aliphatic carbocycles. The van der Waals surface area contributed by atoms with Gasteiger partial charge in [0.1, 0.15) is 12.5 Å². The smallest absolute Gasteiger partial charge is 0.331 e. The minimum atomic E-state index is -3.73. The van der Waals surface area contributed by atoms with Gasteiger partial charge in [0.15, 0.2) is 0 Å². The topological polar surface area (TPSA) is 101 Å². The Balaban J connectivity index is 2.57. The lowest BCUT2D eigenvalue weighted by Gasteiger charge is -2.04. The van der Waals surface area contributed by atoms with Crippen LogP contribution in [0, 0.1) is 0 Å².